The van der Waals surface area contributed by atoms with Gasteiger partial charge in [0, 0.05) is 17.4 Å². The minimum Gasteiger partial charge on any atom is -0.398 e. The first kappa shape index (κ1) is 6.28. The molecule has 0 aliphatic carbocycles. The SMILES string of the molecule is Cc1cc2cc[nH]c2cc1N. The Morgan fingerprint density at radius 2 is 2.18 bits per heavy atom. The Bertz CT molecular complexity index is 351. The second-order valence-electron chi connectivity index (χ2n) is 2.77. The van der Waals surface area contributed by atoms with Crippen molar-refractivity contribution in [2.24, 2.45) is 0 Å². The first-order valence-corrected chi connectivity index (χ1v) is 3.60. The minimum atomic E-state index is 0.847. The molecule has 3 N–H and O–H groups in total. The predicted molar refractivity (Wildman–Crippen MR) is 47.4 cm³/mol. The molecule has 2 aromatic rings. The van der Waals surface area contributed by atoms with Crippen molar-refractivity contribution >= 4 is 16.6 Å². The van der Waals surface area contributed by atoms with Crippen molar-refractivity contribution in [3.63, 3.8) is 0 Å². The number of hydrogen-bond acceptors (Lipinski definition) is 1. The number of rotatable bonds is 0. The second kappa shape index (κ2) is 2.02. The molecule has 0 aliphatic rings. The predicted octanol–water partition coefficient (Wildman–Crippen LogP) is 2.06. The Hall–Kier alpha value is -1.44. The van der Waals surface area contributed by atoms with E-state index in [1.807, 2.05) is 25.3 Å². The first-order chi connectivity index (χ1) is 5.27. The Morgan fingerprint density at radius 3 is 3.00 bits per heavy atom. The Morgan fingerprint density at radius 1 is 1.36 bits per heavy atom. The van der Waals surface area contributed by atoms with Crippen LogP contribution in [0.3, 0.4) is 0 Å². The van der Waals surface area contributed by atoms with Gasteiger partial charge in [-0.3, -0.25) is 0 Å². The zero-order chi connectivity index (χ0) is 7.84. The number of hydrogen-bond donors (Lipinski definition) is 2. The maximum absolute atomic E-state index is 5.73. The Kier molecular flexibility index (Phi) is 1.15. The van der Waals surface area contributed by atoms with E-state index in [1.165, 1.54) is 5.39 Å². The van der Waals surface area contributed by atoms with Crippen LogP contribution in [0, 0.1) is 6.92 Å². The first-order valence-electron chi connectivity index (χ1n) is 3.60. The van der Waals surface area contributed by atoms with Gasteiger partial charge in [0.05, 0.1) is 0 Å². The van der Waals surface area contributed by atoms with Crippen molar-refractivity contribution in [3.8, 4) is 0 Å². The summed E-state index contributed by atoms with van der Waals surface area (Å²) in [5.41, 5.74) is 8.81. The highest BCUT2D eigenvalue weighted by molar-refractivity contribution is 5.83. The van der Waals surface area contributed by atoms with Crippen molar-refractivity contribution in [3.05, 3.63) is 30.0 Å². The third kappa shape index (κ3) is 0.871. The van der Waals surface area contributed by atoms with Crippen LogP contribution in [0.1, 0.15) is 5.56 Å². The summed E-state index contributed by atoms with van der Waals surface area (Å²) in [6.07, 6.45) is 1.92. The van der Waals surface area contributed by atoms with Crippen molar-refractivity contribution in [2.75, 3.05) is 5.73 Å². The van der Waals surface area contributed by atoms with Crippen LogP contribution < -0.4 is 5.73 Å². The summed E-state index contributed by atoms with van der Waals surface area (Å²) in [6.45, 7) is 2.02. The zero-order valence-corrected chi connectivity index (χ0v) is 6.39. The van der Waals surface area contributed by atoms with Crippen molar-refractivity contribution in [2.45, 2.75) is 6.92 Å². The molecular formula is C9H10N2. The van der Waals surface area contributed by atoms with Crippen LogP contribution in [0.4, 0.5) is 5.69 Å². The number of fused-ring (bicyclic) bond motifs is 1. The fourth-order valence-electron chi connectivity index (χ4n) is 1.23. The lowest BCUT2D eigenvalue weighted by Gasteiger charge is -1.98. The van der Waals surface area contributed by atoms with Crippen LogP contribution in [-0.4, -0.2) is 4.98 Å². The van der Waals surface area contributed by atoms with E-state index in [-0.39, 0.29) is 0 Å². The van der Waals surface area contributed by atoms with Crippen LogP contribution in [0.25, 0.3) is 10.9 Å². The number of nitrogens with two attached hydrogens (primary N) is 1. The highest BCUT2D eigenvalue weighted by Crippen LogP contribution is 2.19. The van der Waals surface area contributed by atoms with E-state index in [0.717, 1.165) is 16.8 Å². The van der Waals surface area contributed by atoms with E-state index in [4.69, 9.17) is 5.73 Å². The lowest BCUT2D eigenvalue weighted by molar-refractivity contribution is 1.46. The molecule has 1 aromatic carbocycles. The van der Waals surface area contributed by atoms with Gasteiger partial charge in [0.15, 0.2) is 0 Å². The number of aromatic amines is 1. The van der Waals surface area contributed by atoms with Gasteiger partial charge in [-0.25, -0.2) is 0 Å². The molecule has 56 valence electrons. The molecular weight excluding hydrogens is 136 g/mol. The molecule has 0 saturated carbocycles. The fourth-order valence-corrected chi connectivity index (χ4v) is 1.23. The number of nitrogen functional groups attached to an aromatic ring is 1. The van der Waals surface area contributed by atoms with Gasteiger partial charge in [-0.05, 0) is 36.1 Å². The van der Waals surface area contributed by atoms with Gasteiger partial charge in [-0.2, -0.15) is 0 Å². The average Bonchev–Trinajstić information content (AvgIpc) is 2.36. The van der Waals surface area contributed by atoms with Crippen LogP contribution in [0.15, 0.2) is 24.4 Å². The van der Waals surface area contributed by atoms with Crippen molar-refractivity contribution in [1.29, 1.82) is 0 Å². The van der Waals surface area contributed by atoms with Crippen molar-refractivity contribution in [1.82, 2.24) is 4.98 Å². The van der Waals surface area contributed by atoms with Crippen LogP contribution in [-0.2, 0) is 0 Å². The molecule has 0 aliphatic heterocycles. The molecule has 0 fully saturated rings. The van der Waals surface area contributed by atoms with Crippen LogP contribution in [0.5, 0.6) is 0 Å². The number of benzene rings is 1. The number of nitrogens with one attached hydrogen (secondary N) is 1. The number of aryl methyl sites for hydroxylation is 1. The normalized spacial score (nSPS) is 10.6. The molecule has 11 heavy (non-hydrogen) atoms. The average molecular weight is 146 g/mol. The van der Waals surface area contributed by atoms with E-state index in [2.05, 4.69) is 11.1 Å². The maximum Gasteiger partial charge on any atom is 0.0474 e. The molecule has 0 unspecified atom stereocenters. The van der Waals surface area contributed by atoms with Crippen LogP contribution >= 0.6 is 0 Å². The molecule has 2 heteroatoms. The summed E-state index contributed by atoms with van der Waals surface area (Å²) in [5.74, 6) is 0. The number of anilines is 1. The standard InChI is InChI=1S/C9H10N2/c1-6-4-7-2-3-11-9(7)5-8(6)10/h2-5,11H,10H2,1H3. The molecule has 0 amide bonds. The molecule has 2 nitrogen and oxygen atoms in total. The summed E-state index contributed by atoms with van der Waals surface area (Å²) in [4.78, 5) is 3.11. The summed E-state index contributed by atoms with van der Waals surface area (Å²) < 4.78 is 0. The smallest absolute Gasteiger partial charge is 0.0474 e. The fraction of sp³-hybridized carbons (Fsp3) is 0.111. The molecule has 0 radical (unpaired) electrons. The van der Waals surface area contributed by atoms with Gasteiger partial charge in [0.1, 0.15) is 0 Å². The summed E-state index contributed by atoms with van der Waals surface area (Å²) in [7, 11) is 0. The second-order valence-corrected chi connectivity index (χ2v) is 2.77. The molecule has 0 bridgehead atoms. The number of aromatic nitrogens is 1. The minimum absolute atomic E-state index is 0.847. The Balaban J connectivity index is 2.86. The summed E-state index contributed by atoms with van der Waals surface area (Å²) in [6, 6.07) is 6.09. The lowest BCUT2D eigenvalue weighted by atomic mass is 10.1. The van der Waals surface area contributed by atoms with E-state index in [0.29, 0.717) is 0 Å². The van der Waals surface area contributed by atoms with E-state index >= 15 is 0 Å². The van der Waals surface area contributed by atoms with E-state index < -0.39 is 0 Å². The quantitative estimate of drug-likeness (QED) is 0.549. The highest BCUT2D eigenvalue weighted by Gasteiger charge is 1.97. The van der Waals surface area contributed by atoms with E-state index in [1.54, 1.807) is 0 Å². The van der Waals surface area contributed by atoms with Gasteiger partial charge in [-0.15, -0.1) is 0 Å². The summed E-state index contributed by atoms with van der Waals surface area (Å²) in [5, 5.41) is 1.22. The van der Waals surface area contributed by atoms with Gasteiger partial charge >= 0.3 is 0 Å². The van der Waals surface area contributed by atoms with Gasteiger partial charge in [0.25, 0.3) is 0 Å². The van der Waals surface area contributed by atoms with Gasteiger partial charge < -0.3 is 10.7 Å². The third-order valence-electron chi connectivity index (χ3n) is 1.94. The monoisotopic (exact) mass is 146 g/mol. The largest absolute Gasteiger partial charge is 0.398 e. The molecule has 1 aromatic heterocycles. The topological polar surface area (TPSA) is 41.8 Å². The Labute approximate surface area is 65.0 Å². The summed E-state index contributed by atoms with van der Waals surface area (Å²) >= 11 is 0. The molecule has 0 spiro atoms. The lowest BCUT2D eigenvalue weighted by Crippen LogP contribution is -1.87. The third-order valence-corrected chi connectivity index (χ3v) is 1.94. The van der Waals surface area contributed by atoms with Gasteiger partial charge in [-0.1, -0.05) is 0 Å². The molecule has 2 rings (SSSR count). The van der Waals surface area contributed by atoms with Crippen molar-refractivity contribution < 1.29 is 0 Å². The molecule has 0 atom stereocenters. The number of H-pyrrole nitrogens is 1. The molecule has 1 heterocycles. The highest BCUT2D eigenvalue weighted by atomic mass is 14.7. The maximum atomic E-state index is 5.73. The van der Waals surface area contributed by atoms with Crippen LogP contribution in [0.2, 0.25) is 0 Å². The molecule has 0 saturated heterocycles. The zero-order valence-electron chi connectivity index (χ0n) is 6.39. The van der Waals surface area contributed by atoms with E-state index in [9.17, 15) is 0 Å². The van der Waals surface area contributed by atoms with Gasteiger partial charge in [0.2, 0.25) is 0 Å².